The first-order valence-electron chi connectivity index (χ1n) is 10.5. The van der Waals surface area contributed by atoms with Crippen molar-refractivity contribution in [1.29, 1.82) is 0 Å². The van der Waals surface area contributed by atoms with Gasteiger partial charge in [0.15, 0.2) is 0 Å². The maximum atomic E-state index is 13.0. The number of likely N-dealkylation sites (tertiary alicyclic amines) is 1. The number of rotatable bonds is 7. The molecular formula is C23H33N3O2. The van der Waals surface area contributed by atoms with Crippen molar-refractivity contribution in [3.8, 4) is 0 Å². The number of nitrogens with zero attached hydrogens (tertiary/aromatic N) is 3. The van der Waals surface area contributed by atoms with E-state index in [0.29, 0.717) is 6.61 Å². The van der Waals surface area contributed by atoms with Crippen molar-refractivity contribution in [2.24, 2.45) is 5.41 Å². The summed E-state index contributed by atoms with van der Waals surface area (Å²) in [7, 11) is 0. The Morgan fingerprint density at radius 3 is 2.61 bits per heavy atom. The van der Waals surface area contributed by atoms with Gasteiger partial charge in [-0.15, -0.1) is 0 Å². The third kappa shape index (κ3) is 4.30. The fraction of sp³-hybridized carbons (Fsp3) is 0.565. The van der Waals surface area contributed by atoms with Gasteiger partial charge in [-0.3, -0.25) is 14.4 Å². The van der Waals surface area contributed by atoms with Crippen LogP contribution in [0.4, 0.5) is 0 Å². The second-order valence-electron chi connectivity index (χ2n) is 7.94. The first-order valence-corrected chi connectivity index (χ1v) is 10.5. The van der Waals surface area contributed by atoms with Crippen LogP contribution < -0.4 is 0 Å². The molecule has 0 N–H and O–H groups in total. The molecule has 3 rings (SSSR count). The first kappa shape index (κ1) is 20.6. The van der Waals surface area contributed by atoms with Gasteiger partial charge in [0.1, 0.15) is 0 Å². The van der Waals surface area contributed by atoms with E-state index in [0.717, 1.165) is 51.1 Å². The summed E-state index contributed by atoms with van der Waals surface area (Å²) in [6.07, 6.45) is 2.62. The van der Waals surface area contributed by atoms with Gasteiger partial charge in [-0.05, 0) is 59.1 Å². The Morgan fingerprint density at radius 2 is 1.96 bits per heavy atom. The molecule has 0 unspecified atom stereocenters. The van der Waals surface area contributed by atoms with Gasteiger partial charge in [0.05, 0.1) is 17.7 Å². The minimum absolute atomic E-state index is 0.0544. The summed E-state index contributed by atoms with van der Waals surface area (Å²) in [6, 6.07) is 10.3. The van der Waals surface area contributed by atoms with Crippen LogP contribution in [0.3, 0.4) is 0 Å². The van der Waals surface area contributed by atoms with Gasteiger partial charge in [0.25, 0.3) is 0 Å². The Hall–Kier alpha value is -2.14. The van der Waals surface area contributed by atoms with Crippen molar-refractivity contribution in [3.63, 3.8) is 0 Å². The van der Waals surface area contributed by atoms with E-state index < -0.39 is 5.41 Å². The molecule has 1 fully saturated rings. The largest absolute Gasteiger partial charge is 0.466 e. The molecule has 1 atom stereocenters. The predicted molar refractivity (Wildman–Crippen MR) is 111 cm³/mol. The summed E-state index contributed by atoms with van der Waals surface area (Å²) in [5.74, 6) is -0.0544. The summed E-state index contributed by atoms with van der Waals surface area (Å²) in [4.78, 5) is 15.5. The Bertz CT molecular complexity index is 800. The van der Waals surface area contributed by atoms with E-state index in [1.165, 1.54) is 16.8 Å². The van der Waals surface area contributed by atoms with E-state index >= 15 is 0 Å². The number of esters is 1. The van der Waals surface area contributed by atoms with Gasteiger partial charge in [-0.25, -0.2) is 0 Å². The zero-order valence-corrected chi connectivity index (χ0v) is 17.7. The van der Waals surface area contributed by atoms with Crippen LogP contribution in [-0.4, -0.2) is 40.3 Å². The quantitative estimate of drug-likeness (QED) is 0.680. The van der Waals surface area contributed by atoms with Crippen molar-refractivity contribution in [2.45, 2.75) is 60.0 Å². The third-order valence-corrected chi connectivity index (χ3v) is 5.96. The van der Waals surface area contributed by atoms with Crippen molar-refractivity contribution in [1.82, 2.24) is 14.7 Å². The van der Waals surface area contributed by atoms with E-state index in [9.17, 15) is 4.79 Å². The number of aromatic nitrogens is 2. The van der Waals surface area contributed by atoms with Crippen LogP contribution in [0.2, 0.25) is 0 Å². The smallest absolute Gasteiger partial charge is 0.313 e. The molecular weight excluding hydrogens is 350 g/mol. The van der Waals surface area contributed by atoms with E-state index in [2.05, 4.69) is 47.6 Å². The molecule has 1 aromatic carbocycles. The lowest BCUT2D eigenvalue weighted by Gasteiger charge is -2.41. The molecule has 0 aliphatic carbocycles. The van der Waals surface area contributed by atoms with Crippen LogP contribution in [0.25, 0.3) is 0 Å². The van der Waals surface area contributed by atoms with Crippen molar-refractivity contribution < 1.29 is 9.53 Å². The standard InChI is InChI=1S/C23H33N3O2/c1-5-26-19(4)21(18(3)24-26)16-25-14-10-13-23(17-25,22(27)28-6-2)15-20-11-8-7-9-12-20/h7-9,11-12H,5-6,10,13-17H2,1-4H3/t23-/m1/s1. The lowest BCUT2D eigenvalue weighted by atomic mass is 9.75. The van der Waals surface area contributed by atoms with Gasteiger partial charge in [-0.1, -0.05) is 30.3 Å². The second-order valence-corrected chi connectivity index (χ2v) is 7.94. The van der Waals surface area contributed by atoms with Gasteiger partial charge < -0.3 is 4.74 Å². The molecule has 0 bridgehead atoms. The number of hydrogen-bond acceptors (Lipinski definition) is 4. The minimum Gasteiger partial charge on any atom is -0.466 e. The predicted octanol–water partition coefficient (Wildman–Crippen LogP) is 3.91. The molecule has 5 heteroatoms. The normalized spacial score (nSPS) is 20.3. The van der Waals surface area contributed by atoms with E-state index in [-0.39, 0.29) is 5.97 Å². The maximum Gasteiger partial charge on any atom is 0.313 e. The molecule has 1 aliphatic rings. The third-order valence-electron chi connectivity index (χ3n) is 5.96. The Balaban J connectivity index is 1.83. The zero-order valence-electron chi connectivity index (χ0n) is 17.7. The number of ether oxygens (including phenoxy) is 1. The molecule has 0 radical (unpaired) electrons. The lowest BCUT2D eigenvalue weighted by Crippen LogP contribution is -2.49. The number of carbonyl (C=O) groups excluding carboxylic acids is 1. The summed E-state index contributed by atoms with van der Waals surface area (Å²) in [6.45, 7) is 12.1. The molecule has 0 amide bonds. The van der Waals surface area contributed by atoms with Crippen LogP contribution in [0.1, 0.15) is 49.2 Å². The maximum absolute atomic E-state index is 13.0. The highest BCUT2D eigenvalue weighted by Gasteiger charge is 2.43. The minimum atomic E-state index is -0.474. The van der Waals surface area contributed by atoms with Crippen molar-refractivity contribution in [2.75, 3.05) is 19.7 Å². The SMILES string of the molecule is CCOC(=O)[C@@]1(Cc2ccccc2)CCCN(Cc2c(C)nn(CC)c2C)C1. The molecule has 1 saturated heterocycles. The average molecular weight is 384 g/mol. The summed E-state index contributed by atoms with van der Waals surface area (Å²) in [5, 5.41) is 4.66. The molecule has 152 valence electrons. The molecule has 0 saturated carbocycles. The molecule has 1 aliphatic heterocycles. The highest BCUT2D eigenvalue weighted by Crippen LogP contribution is 2.36. The number of hydrogen-bond donors (Lipinski definition) is 0. The summed E-state index contributed by atoms with van der Waals surface area (Å²) < 4.78 is 7.61. The van der Waals surface area contributed by atoms with Crippen LogP contribution in [-0.2, 0) is 29.0 Å². The molecule has 5 nitrogen and oxygen atoms in total. The molecule has 2 aromatic rings. The van der Waals surface area contributed by atoms with E-state index in [1.54, 1.807) is 0 Å². The lowest BCUT2D eigenvalue weighted by molar-refractivity contribution is -0.159. The topological polar surface area (TPSA) is 47.4 Å². The van der Waals surface area contributed by atoms with Crippen molar-refractivity contribution >= 4 is 5.97 Å². The summed E-state index contributed by atoms with van der Waals surface area (Å²) >= 11 is 0. The number of carbonyl (C=O) groups is 1. The van der Waals surface area contributed by atoms with Gasteiger partial charge in [0, 0.05) is 30.9 Å². The van der Waals surface area contributed by atoms with Crippen LogP contribution in [0, 0.1) is 19.3 Å². The average Bonchev–Trinajstić information content (AvgIpc) is 2.97. The molecule has 2 heterocycles. The number of piperidine rings is 1. The van der Waals surface area contributed by atoms with E-state index in [4.69, 9.17) is 4.74 Å². The fourth-order valence-electron chi connectivity index (χ4n) is 4.51. The van der Waals surface area contributed by atoms with Crippen LogP contribution in [0.15, 0.2) is 30.3 Å². The highest BCUT2D eigenvalue weighted by molar-refractivity contribution is 5.77. The van der Waals surface area contributed by atoms with Gasteiger partial charge in [-0.2, -0.15) is 5.10 Å². The Labute approximate surface area is 168 Å². The zero-order chi connectivity index (χ0) is 20.1. The van der Waals surface area contributed by atoms with E-state index in [1.807, 2.05) is 25.1 Å². The summed E-state index contributed by atoms with van der Waals surface area (Å²) in [5.41, 5.74) is 4.34. The highest BCUT2D eigenvalue weighted by atomic mass is 16.5. The Kier molecular flexibility index (Phi) is 6.55. The number of aryl methyl sites for hydroxylation is 2. The van der Waals surface area contributed by atoms with Gasteiger partial charge in [0.2, 0.25) is 0 Å². The number of benzene rings is 1. The van der Waals surface area contributed by atoms with Gasteiger partial charge >= 0.3 is 5.97 Å². The second kappa shape index (κ2) is 8.91. The van der Waals surface area contributed by atoms with Crippen molar-refractivity contribution in [3.05, 3.63) is 52.8 Å². The monoisotopic (exact) mass is 383 g/mol. The van der Waals surface area contributed by atoms with Crippen LogP contribution in [0.5, 0.6) is 0 Å². The first-order chi connectivity index (χ1) is 13.5. The fourth-order valence-corrected chi connectivity index (χ4v) is 4.51. The molecule has 1 aromatic heterocycles. The molecule has 0 spiro atoms. The Morgan fingerprint density at radius 1 is 1.21 bits per heavy atom. The van der Waals surface area contributed by atoms with Crippen LogP contribution >= 0.6 is 0 Å². The molecule has 28 heavy (non-hydrogen) atoms.